The monoisotopic (exact) mass is 472 g/mol. The summed E-state index contributed by atoms with van der Waals surface area (Å²) in [6, 6.07) is 14.6. The van der Waals surface area contributed by atoms with E-state index in [1.54, 1.807) is 55.5 Å². The van der Waals surface area contributed by atoms with Crippen molar-refractivity contribution < 1.29 is 27.5 Å². The Morgan fingerprint density at radius 3 is 2.12 bits per heavy atom. The molecule has 0 aromatic heterocycles. The summed E-state index contributed by atoms with van der Waals surface area (Å²) in [5.74, 6) is -1.99. The molecular weight excluding hydrogens is 444 g/mol. The minimum absolute atomic E-state index is 0.121. The Morgan fingerprint density at radius 1 is 0.970 bits per heavy atom. The van der Waals surface area contributed by atoms with Crippen molar-refractivity contribution in [3.63, 3.8) is 0 Å². The van der Waals surface area contributed by atoms with Gasteiger partial charge in [-0.2, -0.15) is 17.0 Å². The van der Waals surface area contributed by atoms with Crippen LogP contribution in [-0.2, 0) is 24.5 Å². The SMILES string of the molecule is CC(C)C[C@H]1C(=O)N(COC(=O)C(C)c2ccc(C(=O)c3ccccc3)cc2)S(=O)(=O)N1C. The maximum atomic E-state index is 12.6. The molecule has 0 radical (unpaired) electrons. The predicted molar refractivity (Wildman–Crippen MR) is 122 cm³/mol. The summed E-state index contributed by atoms with van der Waals surface area (Å²) in [5, 5.41) is 0. The molecule has 2 atom stereocenters. The number of benzene rings is 2. The highest BCUT2D eigenvalue weighted by molar-refractivity contribution is 7.87. The van der Waals surface area contributed by atoms with Crippen molar-refractivity contribution in [3.8, 4) is 0 Å². The Morgan fingerprint density at radius 2 is 1.55 bits per heavy atom. The lowest BCUT2D eigenvalue weighted by molar-refractivity contribution is -0.150. The van der Waals surface area contributed by atoms with E-state index in [9.17, 15) is 22.8 Å². The van der Waals surface area contributed by atoms with Gasteiger partial charge < -0.3 is 4.74 Å². The van der Waals surface area contributed by atoms with E-state index in [1.165, 1.54) is 7.05 Å². The molecule has 3 rings (SSSR count). The van der Waals surface area contributed by atoms with E-state index >= 15 is 0 Å². The summed E-state index contributed by atoms with van der Waals surface area (Å²) < 4.78 is 32.0. The van der Waals surface area contributed by atoms with Crippen molar-refractivity contribution in [1.82, 2.24) is 8.61 Å². The number of ether oxygens (including phenoxy) is 1. The first kappa shape index (κ1) is 24.6. The second-order valence-corrected chi connectivity index (χ2v) is 10.4. The second-order valence-electron chi connectivity index (χ2n) is 8.49. The first-order valence-corrected chi connectivity index (χ1v) is 12.1. The van der Waals surface area contributed by atoms with Crippen LogP contribution in [0.25, 0.3) is 0 Å². The summed E-state index contributed by atoms with van der Waals surface area (Å²) in [7, 11) is -2.68. The maximum Gasteiger partial charge on any atom is 0.314 e. The van der Waals surface area contributed by atoms with Crippen molar-refractivity contribution in [2.24, 2.45) is 5.92 Å². The molecule has 1 amide bonds. The normalized spacial score (nSPS) is 19.0. The third kappa shape index (κ3) is 5.15. The first-order valence-electron chi connectivity index (χ1n) is 10.7. The number of carbonyl (C=O) groups excluding carboxylic acids is 3. The summed E-state index contributed by atoms with van der Waals surface area (Å²) >= 11 is 0. The summed E-state index contributed by atoms with van der Waals surface area (Å²) in [6.07, 6.45) is 0.378. The van der Waals surface area contributed by atoms with Crippen LogP contribution in [0.1, 0.15) is 54.6 Å². The van der Waals surface area contributed by atoms with Gasteiger partial charge in [0.2, 0.25) is 0 Å². The van der Waals surface area contributed by atoms with Gasteiger partial charge in [-0.05, 0) is 24.8 Å². The smallest absolute Gasteiger partial charge is 0.314 e. The molecule has 1 saturated heterocycles. The van der Waals surface area contributed by atoms with Crippen LogP contribution >= 0.6 is 0 Å². The molecule has 1 unspecified atom stereocenters. The van der Waals surface area contributed by atoms with Crippen LogP contribution < -0.4 is 0 Å². The topological polar surface area (TPSA) is 101 Å². The number of hydrogen-bond acceptors (Lipinski definition) is 6. The standard InChI is InChI=1S/C24H28N2O6S/c1-16(2)14-21-23(28)26(33(30,31)25(21)4)15-32-24(29)17(3)18-10-12-20(13-11-18)22(27)19-8-6-5-7-9-19/h5-13,16-17,21H,14-15H2,1-4H3/t17?,21-/m0/s1. The number of amides is 1. The van der Waals surface area contributed by atoms with Gasteiger partial charge in [-0.25, -0.2) is 0 Å². The molecule has 1 fully saturated rings. The number of ketones is 1. The quantitative estimate of drug-likeness (QED) is 0.433. The highest BCUT2D eigenvalue weighted by atomic mass is 32.2. The lowest BCUT2D eigenvalue weighted by atomic mass is 9.97. The molecule has 1 heterocycles. The number of rotatable bonds is 8. The van der Waals surface area contributed by atoms with Gasteiger partial charge in [-0.3, -0.25) is 14.4 Å². The molecule has 176 valence electrons. The third-order valence-corrected chi connectivity index (χ3v) is 7.52. The fraction of sp³-hybridized carbons (Fsp3) is 0.375. The Hall–Kier alpha value is -3.04. The highest BCUT2D eigenvalue weighted by Crippen LogP contribution is 2.27. The molecular formula is C24H28N2O6S. The Labute approximate surface area is 194 Å². The average molecular weight is 473 g/mol. The molecule has 0 aliphatic carbocycles. The van der Waals surface area contributed by atoms with Crippen molar-refractivity contribution in [3.05, 3.63) is 71.3 Å². The number of nitrogens with zero attached hydrogens (tertiary/aromatic N) is 2. The molecule has 0 saturated carbocycles. The van der Waals surface area contributed by atoms with Crippen molar-refractivity contribution >= 4 is 27.9 Å². The van der Waals surface area contributed by atoms with Gasteiger partial charge in [0, 0.05) is 18.2 Å². The molecule has 0 N–H and O–H groups in total. The van der Waals surface area contributed by atoms with E-state index < -0.39 is 40.8 Å². The lowest BCUT2D eigenvalue weighted by Crippen LogP contribution is -2.36. The largest absolute Gasteiger partial charge is 0.443 e. The fourth-order valence-electron chi connectivity index (χ4n) is 3.64. The predicted octanol–water partition coefficient (Wildman–Crippen LogP) is 2.96. The summed E-state index contributed by atoms with van der Waals surface area (Å²) in [6.45, 7) is 4.74. The molecule has 8 nitrogen and oxygen atoms in total. The molecule has 9 heteroatoms. The number of carbonyl (C=O) groups is 3. The zero-order valence-corrected chi connectivity index (χ0v) is 19.9. The minimum atomic E-state index is -4.03. The maximum absolute atomic E-state index is 12.6. The Balaban J connectivity index is 1.65. The average Bonchev–Trinajstić information content (AvgIpc) is 2.96. The van der Waals surface area contributed by atoms with Crippen LogP contribution in [0.3, 0.4) is 0 Å². The van der Waals surface area contributed by atoms with Gasteiger partial charge in [0.1, 0.15) is 6.04 Å². The van der Waals surface area contributed by atoms with E-state index in [-0.39, 0.29) is 11.7 Å². The zero-order chi connectivity index (χ0) is 24.3. The molecule has 1 aliphatic heterocycles. The fourth-order valence-corrected chi connectivity index (χ4v) is 4.98. The molecule has 1 aliphatic rings. The van der Waals surface area contributed by atoms with Crippen molar-refractivity contribution in [2.45, 2.75) is 39.2 Å². The number of esters is 1. The number of likely N-dealkylation sites (N-methyl/N-ethyl adjacent to an activating group) is 1. The van der Waals surface area contributed by atoms with Crippen molar-refractivity contribution in [1.29, 1.82) is 0 Å². The summed E-state index contributed by atoms with van der Waals surface area (Å²) in [5.41, 5.74) is 1.66. The van der Waals surface area contributed by atoms with E-state index in [4.69, 9.17) is 4.74 Å². The van der Waals surface area contributed by atoms with Gasteiger partial charge in [-0.15, -0.1) is 0 Å². The molecule has 2 aromatic carbocycles. The first-order chi connectivity index (χ1) is 15.5. The highest BCUT2D eigenvalue weighted by Gasteiger charge is 2.48. The van der Waals surface area contributed by atoms with Crippen molar-refractivity contribution in [2.75, 3.05) is 13.8 Å². The van der Waals surface area contributed by atoms with Gasteiger partial charge in [0.25, 0.3) is 5.91 Å². The van der Waals surface area contributed by atoms with E-state index in [1.807, 2.05) is 19.9 Å². The van der Waals surface area contributed by atoms with Crippen LogP contribution in [0.5, 0.6) is 0 Å². The number of hydrogen-bond donors (Lipinski definition) is 0. The van der Waals surface area contributed by atoms with Gasteiger partial charge in [-0.1, -0.05) is 68.4 Å². The molecule has 2 aromatic rings. The summed E-state index contributed by atoms with van der Waals surface area (Å²) in [4.78, 5) is 37.7. The molecule has 33 heavy (non-hydrogen) atoms. The van der Waals surface area contributed by atoms with Crippen LogP contribution in [0.4, 0.5) is 0 Å². The molecule has 0 spiro atoms. The zero-order valence-electron chi connectivity index (χ0n) is 19.1. The lowest BCUT2D eigenvalue weighted by Gasteiger charge is -2.18. The van der Waals surface area contributed by atoms with E-state index in [0.717, 1.165) is 4.31 Å². The molecule has 0 bridgehead atoms. The van der Waals surface area contributed by atoms with Crippen LogP contribution in [-0.4, -0.2) is 54.5 Å². The van der Waals surface area contributed by atoms with Gasteiger partial charge in [0.15, 0.2) is 12.5 Å². The Kier molecular flexibility index (Phi) is 7.34. The Bertz CT molecular complexity index is 1130. The second kappa shape index (κ2) is 9.84. The van der Waals surface area contributed by atoms with Crippen LogP contribution in [0.2, 0.25) is 0 Å². The van der Waals surface area contributed by atoms with E-state index in [2.05, 4.69) is 0 Å². The van der Waals surface area contributed by atoms with Crippen LogP contribution in [0, 0.1) is 5.92 Å². The van der Waals surface area contributed by atoms with E-state index in [0.29, 0.717) is 27.4 Å². The third-order valence-electron chi connectivity index (χ3n) is 5.69. The minimum Gasteiger partial charge on any atom is -0.443 e. The van der Waals surface area contributed by atoms with Gasteiger partial charge in [0.05, 0.1) is 5.92 Å². The van der Waals surface area contributed by atoms with Gasteiger partial charge >= 0.3 is 16.2 Å². The van der Waals surface area contributed by atoms with Crippen LogP contribution in [0.15, 0.2) is 54.6 Å².